The van der Waals surface area contributed by atoms with Gasteiger partial charge in [-0.25, -0.2) is 14.4 Å². The van der Waals surface area contributed by atoms with Crippen LogP contribution in [0.25, 0.3) is 22.3 Å². The fourth-order valence-electron chi connectivity index (χ4n) is 3.59. The van der Waals surface area contributed by atoms with Gasteiger partial charge in [0.1, 0.15) is 17.2 Å². The SMILES string of the molecule is Cc1nc2ccc(F)c(-c3cc4c([nH]3)CCNC4=O)c2nc1NC1(C)CC1. The first-order valence-corrected chi connectivity index (χ1v) is 9.19. The minimum atomic E-state index is -0.386. The van der Waals surface area contributed by atoms with E-state index in [1.165, 1.54) is 6.07 Å². The fraction of sp³-hybridized carbons (Fsp3) is 0.350. The zero-order valence-corrected chi connectivity index (χ0v) is 15.2. The maximum atomic E-state index is 14.8. The summed E-state index contributed by atoms with van der Waals surface area (Å²) < 4.78 is 14.8. The average molecular weight is 365 g/mol. The van der Waals surface area contributed by atoms with Crippen molar-refractivity contribution in [3.8, 4) is 11.3 Å². The zero-order valence-electron chi connectivity index (χ0n) is 15.2. The number of fused-ring (bicyclic) bond motifs is 2. The minimum Gasteiger partial charge on any atom is -0.363 e. The van der Waals surface area contributed by atoms with Crippen molar-refractivity contribution in [3.05, 3.63) is 41.0 Å². The van der Waals surface area contributed by atoms with E-state index < -0.39 is 0 Å². The number of anilines is 1. The van der Waals surface area contributed by atoms with E-state index in [1.807, 2.05) is 6.92 Å². The minimum absolute atomic E-state index is 0.0458. The maximum absolute atomic E-state index is 14.8. The van der Waals surface area contributed by atoms with Gasteiger partial charge in [0.15, 0.2) is 0 Å². The number of carbonyl (C=O) groups excluding carboxylic acids is 1. The molecule has 7 heteroatoms. The monoisotopic (exact) mass is 365 g/mol. The molecule has 138 valence electrons. The molecular weight excluding hydrogens is 345 g/mol. The molecule has 0 radical (unpaired) electrons. The molecule has 1 aromatic carbocycles. The third kappa shape index (κ3) is 2.65. The van der Waals surface area contributed by atoms with Gasteiger partial charge in [-0.1, -0.05) is 0 Å². The molecular formula is C20H20FN5O. The number of benzene rings is 1. The van der Waals surface area contributed by atoms with Crippen molar-refractivity contribution in [1.82, 2.24) is 20.3 Å². The number of aromatic amines is 1. The molecule has 0 atom stereocenters. The molecule has 1 amide bonds. The molecule has 0 spiro atoms. The van der Waals surface area contributed by atoms with Crippen LogP contribution in [0.5, 0.6) is 0 Å². The number of H-pyrrole nitrogens is 1. The maximum Gasteiger partial charge on any atom is 0.253 e. The summed E-state index contributed by atoms with van der Waals surface area (Å²) in [6.07, 6.45) is 2.87. The zero-order chi connectivity index (χ0) is 18.8. The summed E-state index contributed by atoms with van der Waals surface area (Å²) in [6, 6.07) is 4.76. The topological polar surface area (TPSA) is 82.7 Å². The molecule has 3 N–H and O–H groups in total. The largest absolute Gasteiger partial charge is 0.363 e. The second-order valence-corrected chi connectivity index (χ2v) is 7.71. The van der Waals surface area contributed by atoms with Crippen LogP contribution in [-0.4, -0.2) is 32.9 Å². The van der Waals surface area contributed by atoms with Crippen LogP contribution in [-0.2, 0) is 6.42 Å². The van der Waals surface area contributed by atoms with Crippen molar-refractivity contribution >= 4 is 22.8 Å². The summed E-state index contributed by atoms with van der Waals surface area (Å²) in [6.45, 7) is 4.62. The molecule has 1 aliphatic carbocycles. The summed E-state index contributed by atoms with van der Waals surface area (Å²) in [7, 11) is 0. The van der Waals surface area contributed by atoms with E-state index >= 15 is 0 Å². The lowest BCUT2D eigenvalue weighted by Crippen LogP contribution is -2.31. The summed E-state index contributed by atoms with van der Waals surface area (Å²) in [5.74, 6) is 0.164. The van der Waals surface area contributed by atoms with Crippen molar-refractivity contribution in [2.75, 3.05) is 11.9 Å². The lowest BCUT2D eigenvalue weighted by atomic mass is 10.1. The standard InChI is InChI=1S/C20H20FN5O/c1-10-18(26-20(2)6-7-20)25-17-14(23-10)4-3-12(21)16(17)15-9-11-13(24-15)5-8-22-19(11)27/h3-4,9,24H,5-8H2,1-2H3,(H,22,27)(H,25,26). The van der Waals surface area contributed by atoms with Crippen LogP contribution in [0, 0.1) is 12.7 Å². The number of aryl methyl sites for hydroxylation is 1. The highest BCUT2D eigenvalue weighted by molar-refractivity contribution is 5.99. The molecule has 3 aromatic rings. The van der Waals surface area contributed by atoms with Crippen LogP contribution in [0.1, 0.15) is 41.5 Å². The van der Waals surface area contributed by atoms with Gasteiger partial charge in [-0.15, -0.1) is 0 Å². The lowest BCUT2D eigenvalue weighted by molar-refractivity contribution is 0.0946. The quantitative estimate of drug-likeness (QED) is 0.665. The van der Waals surface area contributed by atoms with E-state index in [4.69, 9.17) is 4.98 Å². The second kappa shape index (κ2) is 5.52. The highest BCUT2D eigenvalue weighted by Gasteiger charge is 2.38. The number of nitrogens with one attached hydrogen (secondary N) is 3. The highest BCUT2D eigenvalue weighted by Crippen LogP contribution is 2.39. The third-order valence-corrected chi connectivity index (χ3v) is 5.45. The Bertz CT molecular complexity index is 1100. The normalized spacial score (nSPS) is 17.5. The van der Waals surface area contributed by atoms with Gasteiger partial charge >= 0.3 is 0 Å². The third-order valence-electron chi connectivity index (χ3n) is 5.45. The van der Waals surface area contributed by atoms with Crippen LogP contribution in [0.2, 0.25) is 0 Å². The molecule has 1 aliphatic heterocycles. The van der Waals surface area contributed by atoms with Gasteiger partial charge in [-0.3, -0.25) is 4.79 Å². The Morgan fingerprint density at radius 1 is 1.26 bits per heavy atom. The summed E-state index contributed by atoms with van der Waals surface area (Å²) in [5.41, 5.74) is 4.26. The summed E-state index contributed by atoms with van der Waals surface area (Å²) in [4.78, 5) is 24.7. The summed E-state index contributed by atoms with van der Waals surface area (Å²) in [5, 5.41) is 6.25. The smallest absolute Gasteiger partial charge is 0.253 e. The van der Waals surface area contributed by atoms with Crippen molar-refractivity contribution in [2.24, 2.45) is 0 Å². The van der Waals surface area contributed by atoms with Crippen molar-refractivity contribution in [2.45, 2.75) is 38.6 Å². The Hall–Kier alpha value is -2.96. The van der Waals surface area contributed by atoms with Gasteiger partial charge in [0, 0.05) is 24.2 Å². The molecule has 0 unspecified atom stereocenters. The first kappa shape index (κ1) is 16.2. The van der Waals surface area contributed by atoms with E-state index in [0.717, 1.165) is 24.2 Å². The molecule has 27 heavy (non-hydrogen) atoms. The highest BCUT2D eigenvalue weighted by atomic mass is 19.1. The van der Waals surface area contributed by atoms with Gasteiger partial charge in [0.25, 0.3) is 5.91 Å². The first-order valence-electron chi connectivity index (χ1n) is 9.19. The molecule has 6 nitrogen and oxygen atoms in total. The number of rotatable bonds is 3. The molecule has 0 bridgehead atoms. The Morgan fingerprint density at radius 3 is 2.81 bits per heavy atom. The van der Waals surface area contributed by atoms with E-state index in [9.17, 15) is 9.18 Å². The van der Waals surface area contributed by atoms with Crippen LogP contribution in [0.15, 0.2) is 18.2 Å². The molecule has 2 aromatic heterocycles. The molecule has 1 saturated carbocycles. The molecule has 2 aliphatic rings. The number of amides is 1. The van der Waals surface area contributed by atoms with Gasteiger partial charge in [-0.05, 0) is 44.9 Å². The number of halogens is 1. The van der Waals surface area contributed by atoms with Crippen LogP contribution >= 0.6 is 0 Å². The van der Waals surface area contributed by atoms with Crippen molar-refractivity contribution < 1.29 is 9.18 Å². The Kier molecular flexibility index (Phi) is 3.32. The molecule has 5 rings (SSSR count). The predicted molar refractivity (Wildman–Crippen MR) is 101 cm³/mol. The van der Waals surface area contributed by atoms with E-state index in [0.29, 0.717) is 46.6 Å². The average Bonchev–Trinajstić information content (AvgIpc) is 3.19. The Morgan fingerprint density at radius 2 is 2.07 bits per heavy atom. The van der Waals surface area contributed by atoms with Gasteiger partial charge in [-0.2, -0.15) is 0 Å². The van der Waals surface area contributed by atoms with Crippen molar-refractivity contribution in [3.63, 3.8) is 0 Å². The van der Waals surface area contributed by atoms with Gasteiger partial charge < -0.3 is 15.6 Å². The number of nitrogens with zero attached hydrogens (tertiary/aromatic N) is 2. The van der Waals surface area contributed by atoms with Crippen LogP contribution < -0.4 is 10.6 Å². The van der Waals surface area contributed by atoms with E-state index in [1.54, 1.807) is 12.1 Å². The Labute approximate surface area is 155 Å². The molecule has 0 saturated heterocycles. The fourth-order valence-corrected chi connectivity index (χ4v) is 3.59. The number of carbonyl (C=O) groups is 1. The van der Waals surface area contributed by atoms with Gasteiger partial charge in [0.2, 0.25) is 0 Å². The Balaban J connectivity index is 1.70. The predicted octanol–water partition coefficient (Wildman–Crippen LogP) is 3.32. The first-order chi connectivity index (χ1) is 12.9. The number of aromatic nitrogens is 3. The summed E-state index contributed by atoms with van der Waals surface area (Å²) >= 11 is 0. The van der Waals surface area contributed by atoms with E-state index in [2.05, 4.69) is 27.5 Å². The second-order valence-electron chi connectivity index (χ2n) is 7.71. The van der Waals surface area contributed by atoms with Crippen molar-refractivity contribution in [1.29, 1.82) is 0 Å². The molecule has 3 heterocycles. The lowest BCUT2D eigenvalue weighted by Gasteiger charge is -2.15. The van der Waals surface area contributed by atoms with Crippen LogP contribution in [0.3, 0.4) is 0 Å². The van der Waals surface area contributed by atoms with Gasteiger partial charge in [0.05, 0.1) is 28.0 Å². The van der Waals surface area contributed by atoms with Crippen LogP contribution in [0.4, 0.5) is 10.2 Å². The molecule has 1 fully saturated rings. The van der Waals surface area contributed by atoms with E-state index in [-0.39, 0.29) is 17.3 Å². The number of hydrogen-bond donors (Lipinski definition) is 3. The number of hydrogen-bond acceptors (Lipinski definition) is 4.